The van der Waals surface area contributed by atoms with E-state index >= 15 is 0 Å². The van der Waals surface area contributed by atoms with Crippen molar-refractivity contribution >= 4 is 33.2 Å². The second-order valence-electron chi connectivity index (χ2n) is 7.77. The van der Waals surface area contributed by atoms with E-state index in [1.165, 1.54) is 21.7 Å². The highest BCUT2D eigenvalue weighted by Crippen LogP contribution is 2.39. The summed E-state index contributed by atoms with van der Waals surface area (Å²) in [7, 11) is 0. The van der Waals surface area contributed by atoms with Crippen molar-refractivity contribution in [2.45, 2.75) is 25.8 Å². The quantitative estimate of drug-likeness (QED) is 0.468. The van der Waals surface area contributed by atoms with Crippen LogP contribution in [0.4, 0.5) is 0 Å². The Morgan fingerprint density at radius 2 is 1.97 bits per heavy atom. The summed E-state index contributed by atoms with van der Waals surface area (Å²) in [5.74, 6) is 1.97. The molecule has 6 rings (SSSR count). The van der Waals surface area contributed by atoms with Gasteiger partial charge in [0.25, 0.3) is 0 Å². The first-order valence-corrected chi connectivity index (χ1v) is 11.6. The van der Waals surface area contributed by atoms with Gasteiger partial charge in [-0.2, -0.15) is 0 Å². The third kappa shape index (κ3) is 3.51. The van der Waals surface area contributed by atoms with E-state index < -0.39 is 0 Å². The number of thiophene rings is 1. The predicted molar refractivity (Wildman–Crippen MR) is 119 cm³/mol. The summed E-state index contributed by atoms with van der Waals surface area (Å²) in [5, 5.41) is 14.9. The number of rotatable bonds is 4. The van der Waals surface area contributed by atoms with E-state index in [2.05, 4.69) is 20.3 Å². The maximum atomic E-state index is 6.35. The second kappa shape index (κ2) is 7.90. The molecule has 1 fully saturated rings. The molecule has 0 spiro atoms. The van der Waals surface area contributed by atoms with Crippen LogP contribution in [0.5, 0.6) is 0 Å². The fourth-order valence-electron chi connectivity index (χ4n) is 4.25. The van der Waals surface area contributed by atoms with E-state index in [1.807, 2.05) is 24.3 Å². The molecule has 2 aliphatic rings. The van der Waals surface area contributed by atoms with Gasteiger partial charge in [-0.25, -0.2) is 9.97 Å². The molecule has 4 aromatic rings. The minimum atomic E-state index is 0.485. The van der Waals surface area contributed by atoms with Crippen molar-refractivity contribution in [3.63, 3.8) is 0 Å². The van der Waals surface area contributed by atoms with Crippen molar-refractivity contribution < 1.29 is 4.74 Å². The molecule has 10 heteroatoms. The van der Waals surface area contributed by atoms with Gasteiger partial charge in [0, 0.05) is 23.5 Å². The van der Waals surface area contributed by atoms with E-state index in [-0.39, 0.29) is 0 Å². The van der Waals surface area contributed by atoms with Crippen LogP contribution in [0.3, 0.4) is 0 Å². The number of hydrogen-bond donors (Lipinski definition) is 0. The number of nitrogens with zero attached hydrogens (tertiary/aromatic N) is 7. The molecule has 0 bridgehead atoms. The van der Waals surface area contributed by atoms with Crippen LogP contribution in [0.2, 0.25) is 5.02 Å². The molecule has 1 saturated heterocycles. The SMILES string of the molecule is Clc1ccccc1-c1nnn(-c2nc(CN3CCOCC3)nc3sc4c(c23)CCC4)n1. The normalized spacial score (nSPS) is 16.8. The Labute approximate surface area is 187 Å². The highest BCUT2D eigenvalue weighted by Gasteiger charge is 2.25. The number of aryl methyl sites for hydroxylation is 2. The van der Waals surface area contributed by atoms with Crippen LogP contribution in [-0.4, -0.2) is 61.4 Å². The molecule has 3 aromatic heterocycles. The number of aromatic nitrogens is 6. The van der Waals surface area contributed by atoms with Crippen molar-refractivity contribution in [3.8, 4) is 17.2 Å². The molecule has 0 N–H and O–H groups in total. The molecule has 8 nitrogen and oxygen atoms in total. The Hall–Kier alpha value is -2.46. The van der Waals surface area contributed by atoms with Crippen molar-refractivity contribution in [2.24, 2.45) is 0 Å². The zero-order valence-electron chi connectivity index (χ0n) is 16.8. The van der Waals surface area contributed by atoms with Crippen LogP contribution in [0.25, 0.3) is 27.4 Å². The Bertz CT molecular complexity index is 1260. The number of fused-ring (bicyclic) bond motifs is 3. The van der Waals surface area contributed by atoms with E-state index in [9.17, 15) is 0 Å². The summed E-state index contributed by atoms with van der Waals surface area (Å²) in [6.07, 6.45) is 3.31. The Morgan fingerprint density at radius 3 is 2.84 bits per heavy atom. The summed E-state index contributed by atoms with van der Waals surface area (Å²) in [4.78, 5) is 16.1. The van der Waals surface area contributed by atoms with Crippen LogP contribution in [0, 0.1) is 0 Å². The summed E-state index contributed by atoms with van der Waals surface area (Å²) in [5.41, 5.74) is 2.09. The lowest BCUT2D eigenvalue weighted by Crippen LogP contribution is -2.36. The molecule has 0 amide bonds. The monoisotopic (exact) mass is 453 g/mol. The van der Waals surface area contributed by atoms with Gasteiger partial charge in [-0.3, -0.25) is 4.90 Å². The van der Waals surface area contributed by atoms with Gasteiger partial charge in [-0.1, -0.05) is 23.7 Å². The van der Waals surface area contributed by atoms with E-state index in [4.69, 9.17) is 26.3 Å². The summed E-state index contributed by atoms with van der Waals surface area (Å²) >= 11 is 8.12. The zero-order valence-corrected chi connectivity index (χ0v) is 18.4. The minimum Gasteiger partial charge on any atom is -0.379 e. The lowest BCUT2D eigenvalue weighted by Gasteiger charge is -2.25. The molecule has 158 valence electrons. The van der Waals surface area contributed by atoms with E-state index in [0.29, 0.717) is 23.2 Å². The van der Waals surface area contributed by atoms with Gasteiger partial charge in [0.15, 0.2) is 5.82 Å². The maximum absolute atomic E-state index is 6.35. The molecular weight excluding hydrogens is 434 g/mol. The van der Waals surface area contributed by atoms with Gasteiger partial charge < -0.3 is 4.74 Å². The van der Waals surface area contributed by atoms with Gasteiger partial charge in [-0.05, 0) is 42.2 Å². The van der Waals surface area contributed by atoms with E-state index in [0.717, 1.165) is 60.7 Å². The molecule has 1 aliphatic carbocycles. The molecule has 0 unspecified atom stereocenters. The lowest BCUT2D eigenvalue weighted by atomic mass is 10.2. The molecule has 1 aromatic carbocycles. The molecule has 0 saturated carbocycles. The Morgan fingerprint density at radius 1 is 1.10 bits per heavy atom. The molecule has 0 radical (unpaired) electrons. The summed E-state index contributed by atoms with van der Waals surface area (Å²) < 4.78 is 5.47. The van der Waals surface area contributed by atoms with Crippen molar-refractivity contribution in [1.29, 1.82) is 0 Å². The third-order valence-corrected chi connectivity index (χ3v) is 7.29. The minimum absolute atomic E-state index is 0.485. The van der Waals surface area contributed by atoms with Crippen molar-refractivity contribution in [1.82, 2.24) is 35.1 Å². The van der Waals surface area contributed by atoms with Gasteiger partial charge in [0.05, 0.1) is 30.2 Å². The Kier molecular flexibility index (Phi) is 4.91. The van der Waals surface area contributed by atoms with Crippen molar-refractivity contribution in [2.75, 3.05) is 26.3 Å². The van der Waals surface area contributed by atoms with Crippen LogP contribution in [0.1, 0.15) is 22.7 Å². The summed E-state index contributed by atoms with van der Waals surface area (Å²) in [6, 6.07) is 7.52. The number of benzene rings is 1. The lowest BCUT2D eigenvalue weighted by molar-refractivity contribution is 0.0331. The average Bonchev–Trinajstić information content (AvgIpc) is 3.50. The van der Waals surface area contributed by atoms with E-state index in [1.54, 1.807) is 11.3 Å². The third-order valence-electron chi connectivity index (χ3n) is 5.78. The summed E-state index contributed by atoms with van der Waals surface area (Å²) in [6.45, 7) is 3.94. The molecular formula is C21H20ClN7OS. The average molecular weight is 454 g/mol. The van der Waals surface area contributed by atoms with Crippen LogP contribution in [-0.2, 0) is 24.1 Å². The zero-order chi connectivity index (χ0) is 20.8. The number of hydrogen-bond acceptors (Lipinski definition) is 8. The van der Waals surface area contributed by atoms with Crippen LogP contribution < -0.4 is 0 Å². The first kappa shape index (κ1) is 19.2. The Balaban J connectivity index is 1.46. The van der Waals surface area contributed by atoms with Gasteiger partial charge in [0.2, 0.25) is 5.82 Å². The largest absolute Gasteiger partial charge is 0.379 e. The molecule has 0 atom stereocenters. The molecule has 4 heterocycles. The highest BCUT2D eigenvalue weighted by molar-refractivity contribution is 7.19. The fourth-order valence-corrected chi connectivity index (χ4v) is 5.74. The topological polar surface area (TPSA) is 81.9 Å². The predicted octanol–water partition coefficient (Wildman–Crippen LogP) is 3.31. The maximum Gasteiger partial charge on any atom is 0.206 e. The number of halogens is 1. The number of ether oxygens (including phenoxy) is 1. The van der Waals surface area contributed by atoms with Gasteiger partial charge >= 0.3 is 0 Å². The van der Waals surface area contributed by atoms with Gasteiger partial charge in [-0.15, -0.1) is 26.3 Å². The first-order chi connectivity index (χ1) is 15.3. The first-order valence-electron chi connectivity index (χ1n) is 10.4. The second-order valence-corrected chi connectivity index (χ2v) is 9.26. The van der Waals surface area contributed by atoms with Crippen LogP contribution >= 0.6 is 22.9 Å². The van der Waals surface area contributed by atoms with Gasteiger partial charge in [0.1, 0.15) is 10.7 Å². The molecule has 1 aliphatic heterocycles. The molecule has 31 heavy (non-hydrogen) atoms. The number of morpholine rings is 1. The smallest absolute Gasteiger partial charge is 0.206 e. The van der Waals surface area contributed by atoms with Crippen LogP contribution in [0.15, 0.2) is 24.3 Å². The van der Waals surface area contributed by atoms with Crippen molar-refractivity contribution in [3.05, 3.63) is 45.6 Å². The fraction of sp³-hybridized carbons (Fsp3) is 0.381. The number of tetrazole rings is 1. The highest BCUT2D eigenvalue weighted by atomic mass is 35.5. The standard InChI is InChI=1S/C21H20ClN7OS/c22-15-6-2-1-4-13(15)19-25-27-29(26-19)20-18-14-5-3-7-16(14)31-21(18)24-17(23-20)12-28-8-10-30-11-9-28/h1-2,4,6H,3,5,7-12H2.